The topological polar surface area (TPSA) is 236 Å². The third kappa shape index (κ3) is 8.76. The van der Waals surface area contributed by atoms with Gasteiger partial charge in [-0.1, -0.05) is 44.9 Å². The normalized spacial score (nSPS) is 23.3. The zero-order valence-electron chi connectivity index (χ0n) is 26.4. The predicted octanol–water partition coefficient (Wildman–Crippen LogP) is 2.34. The number of carbonyl (C=O) groups is 1. The number of fused-ring (bicyclic) bond motifs is 1. The number of phosphoric acid groups is 1. The molecule has 1 fully saturated rings. The number of aliphatic hydroxyl groups is 2. The van der Waals surface area contributed by atoms with Crippen molar-refractivity contribution >= 4 is 27.1 Å². The van der Waals surface area contributed by atoms with Crippen LogP contribution in [0.2, 0.25) is 0 Å². The number of aromatic nitrogens is 3. The fourth-order valence-electron chi connectivity index (χ4n) is 4.94. The fourth-order valence-corrected chi connectivity index (χ4v) is 6.76. The highest BCUT2D eigenvalue weighted by molar-refractivity contribution is 7.52. The minimum absolute atomic E-state index is 0.0825. The molecule has 6 atom stereocenters. The van der Waals surface area contributed by atoms with E-state index in [1.165, 1.54) is 31.2 Å². The van der Waals surface area contributed by atoms with E-state index in [0.717, 1.165) is 28.3 Å². The quantitative estimate of drug-likeness (QED) is 0.0868. The summed E-state index contributed by atoms with van der Waals surface area (Å²) in [6, 6.07) is 9.43. The van der Waals surface area contributed by atoms with Crippen LogP contribution >= 0.6 is 15.6 Å². The zero-order valence-corrected chi connectivity index (χ0v) is 28.2. The maximum Gasteiger partial charge on any atom is 0.471 e. The molecule has 6 N–H and O–H groups in total. The number of para-hydroxylation sites is 1. The average Bonchev–Trinajstić information content (AvgIpc) is 3.59. The van der Waals surface area contributed by atoms with Crippen molar-refractivity contribution in [2.75, 3.05) is 19.9 Å². The van der Waals surface area contributed by atoms with Crippen LogP contribution in [0.15, 0.2) is 48.8 Å². The number of rotatable bonds is 17. The maximum atomic E-state index is 14.8. The standard InChI is InChI=1S/C28H40FN5O12P2/c1-4-19(5-2)13-42-27(37)18(3)32-47(38,46-20-9-7-6-8-10-20)43-15-28(14-29)25(36)23(35)24(45-28)21-11-12-22-26(30)33(16-31-34(21)22)17-44-48(39,40)41/h6-12,16,18-19,23-25,30,35-36H,4-5,13-15,17H2,1-3H3,(H,32,38)(H2,39,40,41)/t18-,23-,24-,25-,28+,47?/m0/s1. The molecule has 1 saturated heterocycles. The van der Waals surface area contributed by atoms with Crippen LogP contribution in [0.25, 0.3) is 5.52 Å². The number of halogens is 1. The lowest BCUT2D eigenvalue weighted by molar-refractivity contribution is -0.146. The molecule has 3 aromatic rings. The summed E-state index contributed by atoms with van der Waals surface area (Å²) in [5, 5.41) is 37.0. The number of benzene rings is 1. The van der Waals surface area contributed by atoms with Gasteiger partial charge in [0.2, 0.25) is 0 Å². The van der Waals surface area contributed by atoms with Crippen LogP contribution in [0, 0.1) is 11.3 Å². The molecule has 48 heavy (non-hydrogen) atoms. The second-order valence-electron chi connectivity index (χ2n) is 11.3. The molecule has 20 heteroatoms. The van der Waals surface area contributed by atoms with Crippen LogP contribution in [0.5, 0.6) is 5.75 Å². The number of nitrogens with one attached hydrogen (secondary N) is 2. The van der Waals surface area contributed by atoms with Gasteiger partial charge in [-0.05, 0) is 37.1 Å². The minimum Gasteiger partial charge on any atom is -0.464 e. The number of alkyl halides is 1. The van der Waals surface area contributed by atoms with Gasteiger partial charge in [-0.2, -0.15) is 10.2 Å². The molecule has 17 nitrogen and oxygen atoms in total. The van der Waals surface area contributed by atoms with Gasteiger partial charge >= 0.3 is 21.5 Å². The van der Waals surface area contributed by atoms with E-state index >= 15 is 0 Å². The lowest BCUT2D eigenvalue weighted by Crippen LogP contribution is -2.49. The van der Waals surface area contributed by atoms with E-state index in [0.29, 0.717) is 0 Å². The first-order chi connectivity index (χ1) is 22.7. The van der Waals surface area contributed by atoms with E-state index in [1.807, 2.05) is 13.8 Å². The Morgan fingerprint density at radius 3 is 2.46 bits per heavy atom. The molecule has 1 aliphatic heterocycles. The molecule has 0 radical (unpaired) electrons. The van der Waals surface area contributed by atoms with E-state index in [9.17, 15) is 28.5 Å². The highest BCUT2D eigenvalue weighted by Crippen LogP contribution is 2.48. The lowest BCUT2D eigenvalue weighted by atomic mass is 9.96. The Labute approximate surface area is 274 Å². The lowest BCUT2D eigenvalue weighted by Gasteiger charge is -2.31. The number of phosphoric ester groups is 1. The van der Waals surface area contributed by atoms with Gasteiger partial charge in [-0.15, -0.1) is 0 Å². The first kappa shape index (κ1) is 37.8. The Morgan fingerprint density at radius 2 is 1.83 bits per heavy atom. The SMILES string of the molecule is CCC(CC)COC(=O)[C@H](C)NP(=O)(OC[C@@]1(CF)O[C@@H](c2ccc3c(=N)n(COP(=O)(O)O)cnn23)[C@H](O)[C@@H]1O)Oc1ccccc1. The Kier molecular flexibility index (Phi) is 12.3. The zero-order chi connectivity index (χ0) is 35.3. The molecule has 1 aliphatic rings. The van der Waals surface area contributed by atoms with Gasteiger partial charge in [0.1, 0.15) is 61.0 Å². The van der Waals surface area contributed by atoms with Crippen LogP contribution in [-0.2, 0) is 39.2 Å². The highest BCUT2D eigenvalue weighted by Gasteiger charge is 2.57. The number of esters is 1. The van der Waals surface area contributed by atoms with Gasteiger partial charge in [-0.3, -0.25) is 23.8 Å². The molecule has 0 spiro atoms. The van der Waals surface area contributed by atoms with Gasteiger partial charge in [0, 0.05) is 0 Å². The van der Waals surface area contributed by atoms with E-state index in [1.54, 1.807) is 18.2 Å². The van der Waals surface area contributed by atoms with E-state index < -0.39 is 71.5 Å². The van der Waals surface area contributed by atoms with Crippen LogP contribution in [0.3, 0.4) is 0 Å². The summed E-state index contributed by atoms with van der Waals surface area (Å²) in [7, 11) is -9.36. The molecular formula is C28H40FN5O12P2. The molecule has 3 heterocycles. The van der Waals surface area contributed by atoms with Crippen molar-refractivity contribution in [2.24, 2.45) is 5.92 Å². The second-order valence-corrected chi connectivity index (χ2v) is 14.2. The summed E-state index contributed by atoms with van der Waals surface area (Å²) in [6.07, 6.45) is -2.50. The smallest absolute Gasteiger partial charge is 0.464 e. The van der Waals surface area contributed by atoms with Gasteiger partial charge in [-0.25, -0.2) is 18.0 Å². The Hall–Kier alpha value is -3.02. The molecule has 266 valence electrons. The molecule has 4 rings (SSSR count). The summed E-state index contributed by atoms with van der Waals surface area (Å²) in [5.74, 6) is -0.504. The summed E-state index contributed by atoms with van der Waals surface area (Å²) < 4.78 is 69.0. The van der Waals surface area contributed by atoms with Crippen LogP contribution in [-0.4, -0.2) is 83.9 Å². The number of carbonyl (C=O) groups excluding carboxylic acids is 1. The van der Waals surface area contributed by atoms with Crippen molar-refractivity contribution in [3.8, 4) is 5.75 Å². The van der Waals surface area contributed by atoms with Crippen LogP contribution in [0.4, 0.5) is 4.39 Å². The second kappa shape index (κ2) is 15.7. The Morgan fingerprint density at radius 1 is 1.15 bits per heavy atom. The fraction of sp³-hybridized carbons (Fsp3) is 0.536. The maximum absolute atomic E-state index is 14.8. The van der Waals surface area contributed by atoms with Crippen molar-refractivity contribution in [1.29, 1.82) is 5.41 Å². The van der Waals surface area contributed by atoms with E-state index in [4.69, 9.17) is 33.7 Å². The number of hydrogen-bond acceptors (Lipinski definition) is 12. The van der Waals surface area contributed by atoms with Crippen molar-refractivity contribution in [3.63, 3.8) is 0 Å². The minimum atomic E-state index is -4.84. The largest absolute Gasteiger partial charge is 0.471 e. The molecule has 1 unspecified atom stereocenters. The highest BCUT2D eigenvalue weighted by atomic mass is 31.2. The summed E-state index contributed by atoms with van der Waals surface area (Å²) in [4.78, 5) is 30.7. The van der Waals surface area contributed by atoms with Gasteiger partial charge in [0.05, 0.1) is 18.9 Å². The molecule has 2 aromatic heterocycles. The Bertz CT molecular complexity index is 1700. The van der Waals surface area contributed by atoms with E-state index in [2.05, 4.69) is 14.7 Å². The average molecular weight is 720 g/mol. The van der Waals surface area contributed by atoms with Crippen molar-refractivity contribution in [3.05, 3.63) is 60.0 Å². The third-order valence-corrected chi connectivity index (χ3v) is 9.98. The predicted molar refractivity (Wildman–Crippen MR) is 165 cm³/mol. The van der Waals surface area contributed by atoms with Crippen LogP contribution < -0.4 is 15.1 Å². The van der Waals surface area contributed by atoms with Gasteiger partial charge < -0.3 is 34.0 Å². The monoisotopic (exact) mass is 719 g/mol. The Balaban J connectivity index is 1.56. The molecule has 1 aromatic carbocycles. The number of nitrogens with zero attached hydrogens (tertiary/aromatic N) is 3. The summed E-state index contributed by atoms with van der Waals surface area (Å²) >= 11 is 0. The third-order valence-electron chi connectivity index (χ3n) is 7.91. The van der Waals surface area contributed by atoms with Crippen molar-refractivity contribution < 1.29 is 61.4 Å². The number of ether oxygens (including phenoxy) is 2. The number of aliphatic hydroxyl groups excluding tert-OH is 2. The van der Waals surface area contributed by atoms with Crippen molar-refractivity contribution in [1.82, 2.24) is 19.3 Å². The van der Waals surface area contributed by atoms with Crippen LogP contribution in [0.1, 0.15) is 45.4 Å². The molecular weight excluding hydrogens is 679 g/mol. The number of hydrogen-bond donors (Lipinski definition) is 6. The molecule has 0 amide bonds. The van der Waals surface area contributed by atoms with Gasteiger partial charge in [0.25, 0.3) is 0 Å². The molecule has 0 bridgehead atoms. The molecule has 0 saturated carbocycles. The van der Waals surface area contributed by atoms with Gasteiger partial charge in [0.15, 0.2) is 5.49 Å². The summed E-state index contributed by atoms with van der Waals surface area (Å²) in [5.41, 5.74) is -2.38. The van der Waals surface area contributed by atoms with E-state index in [-0.39, 0.29) is 35.0 Å². The summed E-state index contributed by atoms with van der Waals surface area (Å²) in [6.45, 7) is 2.45. The first-order valence-electron chi connectivity index (χ1n) is 15.0. The first-order valence-corrected chi connectivity index (χ1v) is 18.1. The van der Waals surface area contributed by atoms with Crippen molar-refractivity contribution in [2.45, 2.75) is 70.3 Å². The molecule has 0 aliphatic carbocycles.